The number of hydrogen-bond acceptors (Lipinski definition) is 5. The highest BCUT2D eigenvalue weighted by atomic mass is 127. The second-order valence-electron chi connectivity index (χ2n) is 8.38. The number of aryl methyl sites for hydroxylation is 1. The quantitative estimate of drug-likeness (QED) is 0.183. The molecule has 34 heavy (non-hydrogen) atoms. The summed E-state index contributed by atoms with van der Waals surface area (Å²) in [5.41, 5.74) is 4.38. The number of nitrogens with zero attached hydrogens (tertiary/aromatic N) is 4. The van der Waals surface area contributed by atoms with E-state index in [0.29, 0.717) is 12.4 Å². The summed E-state index contributed by atoms with van der Waals surface area (Å²) >= 11 is 0. The van der Waals surface area contributed by atoms with E-state index < -0.39 is 0 Å². The van der Waals surface area contributed by atoms with Crippen LogP contribution in [0.5, 0.6) is 0 Å². The van der Waals surface area contributed by atoms with Crippen molar-refractivity contribution in [1.29, 1.82) is 0 Å². The lowest BCUT2D eigenvalue weighted by Gasteiger charge is -2.36. The minimum atomic E-state index is 0. The highest BCUT2D eigenvalue weighted by Gasteiger charge is 2.16. The van der Waals surface area contributed by atoms with Gasteiger partial charge in [-0.1, -0.05) is 35.9 Å². The number of benzene rings is 2. The summed E-state index contributed by atoms with van der Waals surface area (Å²) in [5, 5.41) is 6.72. The van der Waals surface area contributed by atoms with Gasteiger partial charge >= 0.3 is 0 Å². The average molecular weight is 575 g/mol. The molecular formula is C26H35IN6O. The van der Waals surface area contributed by atoms with Crippen LogP contribution < -0.4 is 15.5 Å². The number of piperazine rings is 1. The Kier molecular flexibility index (Phi) is 10.2. The summed E-state index contributed by atoms with van der Waals surface area (Å²) in [7, 11) is 1.79. The third-order valence-corrected chi connectivity index (χ3v) is 5.95. The monoisotopic (exact) mass is 574 g/mol. The van der Waals surface area contributed by atoms with Crippen LogP contribution in [0.15, 0.2) is 70.3 Å². The van der Waals surface area contributed by atoms with Gasteiger partial charge in [-0.3, -0.25) is 9.89 Å². The fourth-order valence-corrected chi connectivity index (χ4v) is 3.99. The lowest BCUT2D eigenvalue weighted by Crippen LogP contribution is -2.47. The van der Waals surface area contributed by atoms with Gasteiger partial charge < -0.3 is 20.0 Å². The predicted molar refractivity (Wildman–Crippen MR) is 150 cm³/mol. The Hall–Kier alpha value is -2.59. The molecule has 0 saturated carbocycles. The van der Waals surface area contributed by atoms with Crippen molar-refractivity contribution >= 4 is 35.6 Å². The van der Waals surface area contributed by atoms with Gasteiger partial charge in [0.1, 0.15) is 6.26 Å². The molecule has 0 spiro atoms. The second kappa shape index (κ2) is 13.3. The van der Waals surface area contributed by atoms with E-state index in [-0.39, 0.29) is 24.0 Å². The van der Waals surface area contributed by atoms with Gasteiger partial charge in [-0.05, 0) is 44.2 Å². The maximum atomic E-state index is 5.64. The molecule has 1 aromatic heterocycles. The summed E-state index contributed by atoms with van der Waals surface area (Å²) < 4.78 is 5.64. The first kappa shape index (κ1) is 26.0. The SMILES string of the molecule is CN=C(NCCCN1CCN(c2ccccc2)CC1)NCc1coc(-c2ccc(C)cc2)n1.I. The third kappa shape index (κ3) is 7.46. The number of oxazole rings is 1. The Morgan fingerprint density at radius 3 is 2.44 bits per heavy atom. The first-order valence-corrected chi connectivity index (χ1v) is 11.7. The van der Waals surface area contributed by atoms with E-state index in [4.69, 9.17) is 4.42 Å². The molecule has 1 aliphatic rings. The van der Waals surface area contributed by atoms with Crippen molar-refractivity contribution < 1.29 is 4.42 Å². The summed E-state index contributed by atoms with van der Waals surface area (Å²) in [6, 6.07) is 18.9. The Morgan fingerprint density at radius 1 is 1.00 bits per heavy atom. The third-order valence-electron chi connectivity index (χ3n) is 5.95. The van der Waals surface area contributed by atoms with Crippen molar-refractivity contribution in [3.8, 4) is 11.5 Å². The zero-order valence-corrected chi connectivity index (χ0v) is 22.4. The molecule has 0 bridgehead atoms. The van der Waals surface area contributed by atoms with Gasteiger partial charge in [0.15, 0.2) is 5.96 Å². The van der Waals surface area contributed by atoms with E-state index in [2.05, 4.69) is 79.8 Å². The van der Waals surface area contributed by atoms with Crippen molar-refractivity contribution in [3.63, 3.8) is 0 Å². The average Bonchev–Trinajstić information content (AvgIpc) is 3.34. The van der Waals surface area contributed by atoms with E-state index in [1.165, 1.54) is 11.3 Å². The van der Waals surface area contributed by atoms with Crippen molar-refractivity contribution in [2.75, 3.05) is 51.2 Å². The molecular weight excluding hydrogens is 539 g/mol. The molecule has 0 aliphatic carbocycles. The van der Waals surface area contributed by atoms with Gasteiger partial charge in [0.2, 0.25) is 5.89 Å². The van der Waals surface area contributed by atoms with Gasteiger partial charge in [0.05, 0.1) is 12.2 Å². The van der Waals surface area contributed by atoms with Crippen LogP contribution in [-0.4, -0.2) is 62.2 Å². The lowest BCUT2D eigenvalue weighted by atomic mass is 10.1. The molecule has 7 nitrogen and oxygen atoms in total. The zero-order chi connectivity index (χ0) is 22.9. The molecule has 1 aliphatic heterocycles. The Labute approximate surface area is 219 Å². The van der Waals surface area contributed by atoms with Crippen LogP contribution in [0.25, 0.3) is 11.5 Å². The first-order valence-electron chi connectivity index (χ1n) is 11.7. The van der Waals surface area contributed by atoms with E-state index >= 15 is 0 Å². The smallest absolute Gasteiger partial charge is 0.226 e. The molecule has 4 rings (SSSR count). The van der Waals surface area contributed by atoms with Gasteiger partial charge in [0.25, 0.3) is 0 Å². The molecule has 1 saturated heterocycles. The van der Waals surface area contributed by atoms with E-state index in [9.17, 15) is 0 Å². The fourth-order valence-electron chi connectivity index (χ4n) is 3.99. The molecule has 2 heterocycles. The van der Waals surface area contributed by atoms with Gasteiger partial charge in [-0.25, -0.2) is 4.98 Å². The van der Waals surface area contributed by atoms with Crippen LogP contribution in [0.1, 0.15) is 17.7 Å². The number of anilines is 1. The van der Waals surface area contributed by atoms with Crippen molar-refractivity contribution in [2.45, 2.75) is 19.9 Å². The van der Waals surface area contributed by atoms with Crippen molar-refractivity contribution in [1.82, 2.24) is 20.5 Å². The van der Waals surface area contributed by atoms with E-state index in [0.717, 1.165) is 62.9 Å². The molecule has 2 N–H and O–H groups in total. The number of para-hydroxylation sites is 1. The molecule has 3 aromatic rings. The highest BCUT2D eigenvalue weighted by Crippen LogP contribution is 2.19. The molecule has 0 unspecified atom stereocenters. The van der Waals surface area contributed by atoms with Crippen LogP contribution in [0.4, 0.5) is 5.69 Å². The number of halogens is 1. The Balaban J connectivity index is 0.00000324. The second-order valence-corrected chi connectivity index (χ2v) is 8.38. The minimum Gasteiger partial charge on any atom is -0.444 e. The van der Waals surface area contributed by atoms with Crippen LogP contribution in [0.3, 0.4) is 0 Å². The highest BCUT2D eigenvalue weighted by molar-refractivity contribution is 14.0. The Morgan fingerprint density at radius 2 is 1.74 bits per heavy atom. The topological polar surface area (TPSA) is 68.9 Å². The van der Waals surface area contributed by atoms with E-state index in [1.807, 2.05) is 12.1 Å². The van der Waals surface area contributed by atoms with Crippen LogP contribution in [0, 0.1) is 6.92 Å². The molecule has 2 aromatic carbocycles. The number of nitrogens with one attached hydrogen (secondary N) is 2. The van der Waals surface area contributed by atoms with Crippen LogP contribution >= 0.6 is 24.0 Å². The number of aliphatic imine (C=N–C) groups is 1. The maximum absolute atomic E-state index is 5.64. The normalized spacial score (nSPS) is 14.5. The molecule has 1 fully saturated rings. The standard InChI is InChI=1S/C26H34N6O.HI/c1-21-9-11-22(12-10-21)25-30-23(20-33-25)19-29-26(27-2)28-13-6-14-31-15-17-32(18-16-31)24-7-4-3-5-8-24;/h3-5,7-12,20H,6,13-19H2,1-2H3,(H2,27,28,29);1H. The maximum Gasteiger partial charge on any atom is 0.226 e. The predicted octanol–water partition coefficient (Wildman–Crippen LogP) is 4.15. The number of hydrogen-bond donors (Lipinski definition) is 2. The fraction of sp³-hybridized carbons (Fsp3) is 0.385. The summed E-state index contributed by atoms with van der Waals surface area (Å²) in [5.74, 6) is 1.42. The van der Waals surface area contributed by atoms with E-state index in [1.54, 1.807) is 13.3 Å². The summed E-state index contributed by atoms with van der Waals surface area (Å²) in [6.07, 6.45) is 2.78. The van der Waals surface area contributed by atoms with Crippen molar-refractivity contribution in [3.05, 3.63) is 72.1 Å². The summed E-state index contributed by atoms with van der Waals surface area (Å²) in [4.78, 5) is 13.9. The van der Waals surface area contributed by atoms with Gasteiger partial charge in [-0.15, -0.1) is 24.0 Å². The zero-order valence-electron chi connectivity index (χ0n) is 20.0. The first-order chi connectivity index (χ1) is 16.2. The Bertz CT molecular complexity index is 1010. The molecule has 0 atom stereocenters. The molecule has 0 amide bonds. The number of aromatic nitrogens is 1. The molecule has 8 heteroatoms. The molecule has 182 valence electrons. The lowest BCUT2D eigenvalue weighted by molar-refractivity contribution is 0.255. The van der Waals surface area contributed by atoms with Crippen LogP contribution in [-0.2, 0) is 6.54 Å². The van der Waals surface area contributed by atoms with Crippen LogP contribution in [0.2, 0.25) is 0 Å². The van der Waals surface area contributed by atoms with Crippen molar-refractivity contribution in [2.24, 2.45) is 4.99 Å². The minimum absolute atomic E-state index is 0. The van der Waals surface area contributed by atoms with Gasteiger partial charge in [0, 0.05) is 51.0 Å². The number of guanidine groups is 1. The number of rotatable bonds is 8. The largest absolute Gasteiger partial charge is 0.444 e. The molecule has 0 radical (unpaired) electrons. The summed E-state index contributed by atoms with van der Waals surface area (Å²) in [6.45, 7) is 9.00. The van der Waals surface area contributed by atoms with Gasteiger partial charge in [-0.2, -0.15) is 0 Å².